The maximum Gasteiger partial charge on any atom is 0.247 e. The molecule has 37 heavy (non-hydrogen) atoms. The zero-order valence-electron chi connectivity index (χ0n) is 20.7. The first-order valence-corrected chi connectivity index (χ1v) is 12.8. The van der Waals surface area contributed by atoms with Crippen molar-refractivity contribution in [3.05, 3.63) is 76.7 Å². The van der Waals surface area contributed by atoms with Gasteiger partial charge in [0.15, 0.2) is 0 Å². The van der Waals surface area contributed by atoms with Crippen LogP contribution in [0.4, 0.5) is 11.5 Å². The van der Waals surface area contributed by atoms with Crippen molar-refractivity contribution >= 4 is 17.1 Å². The molecule has 188 valence electrons. The molecule has 4 saturated heterocycles. The second kappa shape index (κ2) is 9.71. The van der Waals surface area contributed by atoms with E-state index in [1.54, 1.807) is 6.07 Å². The van der Waals surface area contributed by atoms with Crippen LogP contribution in [0.5, 0.6) is 0 Å². The average molecular weight is 495 g/mol. The van der Waals surface area contributed by atoms with Crippen LogP contribution in [0.3, 0.4) is 0 Å². The molecule has 2 atom stereocenters. The third-order valence-electron chi connectivity index (χ3n) is 7.83. The van der Waals surface area contributed by atoms with Crippen molar-refractivity contribution in [1.82, 2.24) is 19.9 Å². The normalized spacial score (nSPS) is 21.5. The number of anilines is 2. The molecular formula is C28H30N8O. The van der Waals surface area contributed by atoms with E-state index in [1.165, 1.54) is 25.5 Å². The van der Waals surface area contributed by atoms with E-state index in [4.69, 9.17) is 10.7 Å². The second-order valence-electron chi connectivity index (χ2n) is 10.1. The molecule has 0 saturated carbocycles. The summed E-state index contributed by atoms with van der Waals surface area (Å²) in [6, 6.07) is 12.9. The molecule has 0 spiro atoms. The van der Waals surface area contributed by atoms with E-state index < -0.39 is 0 Å². The maximum atomic E-state index is 11.3. The molecule has 2 unspecified atom stereocenters. The summed E-state index contributed by atoms with van der Waals surface area (Å²) in [6.45, 7) is 4.75. The Kier molecular flexibility index (Phi) is 6.10. The Morgan fingerprint density at radius 1 is 1.11 bits per heavy atom. The number of hydrogen-bond acceptors (Lipinski definition) is 8. The summed E-state index contributed by atoms with van der Waals surface area (Å²) in [7, 11) is 0. The fourth-order valence-corrected chi connectivity index (χ4v) is 5.82. The summed E-state index contributed by atoms with van der Waals surface area (Å²) in [5.41, 5.74) is 10.6. The van der Waals surface area contributed by atoms with Gasteiger partial charge in [0.1, 0.15) is 11.9 Å². The molecule has 0 radical (unpaired) electrons. The summed E-state index contributed by atoms with van der Waals surface area (Å²) >= 11 is 0. The number of H-pyrrole nitrogens is 1. The van der Waals surface area contributed by atoms with E-state index in [2.05, 4.69) is 48.9 Å². The van der Waals surface area contributed by atoms with Crippen molar-refractivity contribution < 1.29 is 0 Å². The van der Waals surface area contributed by atoms with Crippen LogP contribution in [0.2, 0.25) is 0 Å². The van der Waals surface area contributed by atoms with Gasteiger partial charge in [-0.3, -0.25) is 14.7 Å². The summed E-state index contributed by atoms with van der Waals surface area (Å²) in [5.74, 6) is 0.960. The molecule has 4 aliphatic heterocycles. The first kappa shape index (κ1) is 23.3. The van der Waals surface area contributed by atoms with E-state index in [0.717, 1.165) is 60.9 Å². The van der Waals surface area contributed by atoms with Gasteiger partial charge in [0.2, 0.25) is 5.56 Å². The van der Waals surface area contributed by atoms with Gasteiger partial charge in [-0.15, -0.1) is 0 Å². The number of aromatic amines is 1. The van der Waals surface area contributed by atoms with Crippen LogP contribution in [0, 0.1) is 11.3 Å². The van der Waals surface area contributed by atoms with Crippen LogP contribution in [0.15, 0.2) is 59.9 Å². The van der Waals surface area contributed by atoms with Gasteiger partial charge in [0.25, 0.3) is 0 Å². The lowest BCUT2D eigenvalue weighted by Gasteiger charge is -2.56. The van der Waals surface area contributed by atoms with Crippen LogP contribution in [-0.4, -0.2) is 58.1 Å². The van der Waals surface area contributed by atoms with Gasteiger partial charge < -0.3 is 20.5 Å². The Balaban J connectivity index is 1.20. The fourth-order valence-electron chi connectivity index (χ4n) is 5.82. The number of pyridine rings is 3. The smallest absolute Gasteiger partial charge is 0.247 e. The van der Waals surface area contributed by atoms with Crippen LogP contribution >= 0.6 is 0 Å². The van der Waals surface area contributed by atoms with Crippen LogP contribution in [0.25, 0.3) is 16.7 Å². The third-order valence-corrected chi connectivity index (χ3v) is 7.83. The Morgan fingerprint density at radius 3 is 2.57 bits per heavy atom. The molecule has 4 aliphatic rings. The zero-order chi connectivity index (χ0) is 25.4. The first-order chi connectivity index (χ1) is 18.1. The minimum atomic E-state index is -0.0678. The Bertz CT molecular complexity index is 1380. The Morgan fingerprint density at radius 2 is 1.92 bits per heavy atom. The highest BCUT2D eigenvalue weighted by atomic mass is 16.1. The highest BCUT2D eigenvalue weighted by Gasteiger charge is 2.44. The lowest BCUT2D eigenvalue weighted by Crippen LogP contribution is -2.68. The molecule has 9 heteroatoms. The summed E-state index contributed by atoms with van der Waals surface area (Å²) < 4.78 is 0. The minimum Gasteiger partial charge on any atom is -0.403 e. The van der Waals surface area contributed by atoms with Crippen LogP contribution < -0.4 is 21.1 Å². The number of piperidine rings is 1. The van der Waals surface area contributed by atoms with Crippen molar-refractivity contribution in [3.8, 4) is 17.2 Å². The van der Waals surface area contributed by atoms with Crippen LogP contribution in [-0.2, 0) is 6.54 Å². The molecule has 7 rings (SSSR count). The van der Waals surface area contributed by atoms with Gasteiger partial charge in [-0.05, 0) is 43.0 Å². The molecule has 2 bridgehead atoms. The van der Waals surface area contributed by atoms with Crippen molar-refractivity contribution in [2.24, 2.45) is 5.73 Å². The number of aromatic nitrogens is 3. The summed E-state index contributed by atoms with van der Waals surface area (Å²) in [6.07, 6.45) is 10.4. The van der Waals surface area contributed by atoms with Gasteiger partial charge in [-0.2, -0.15) is 5.26 Å². The van der Waals surface area contributed by atoms with Crippen molar-refractivity contribution in [3.63, 3.8) is 0 Å². The van der Waals surface area contributed by atoms with Gasteiger partial charge >= 0.3 is 0 Å². The van der Waals surface area contributed by atoms with E-state index in [-0.39, 0.29) is 5.56 Å². The quantitative estimate of drug-likeness (QED) is 0.502. The number of piperazine rings is 1. The first-order valence-electron chi connectivity index (χ1n) is 12.8. The molecule has 0 aliphatic carbocycles. The number of fused-ring (bicyclic) bond motifs is 2. The van der Waals surface area contributed by atoms with Gasteiger partial charge in [0, 0.05) is 80.6 Å². The van der Waals surface area contributed by atoms with Gasteiger partial charge in [-0.25, -0.2) is 4.98 Å². The van der Waals surface area contributed by atoms with Gasteiger partial charge in [0.05, 0.1) is 23.2 Å². The number of nitriles is 1. The summed E-state index contributed by atoms with van der Waals surface area (Å²) in [5, 5.41) is 9.61. The largest absolute Gasteiger partial charge is 0.403 e. The maximum absolute atomic E-state index is 11.3. The standard InChI is InChI=1S/C28H30N8O/c29-11-21(12-30)28-25(10-22(15-33-28)34-7-1-2-8-34)20-4-5-26(31-14-20)35-17-23-9-24(18-35)36(23)16-19-3-6-27(37)32-13-19/h3-6,10-11,13-15,23-24H,1-2,7-9,16-18,29H2,(H,32,37). The number of allylic oxidation sites excluding steroid dienone is 1. The van der Waals surface area contributed by atoms with E-state index in [0.29, 0.717) is 23.4 Å². The Hall–Kier alpha value is -4.16. The number of nitrogens with one attached hydrogen (secondary N) is 1. The molecule has 7 heterocycles. The summed E-state index contributed by atoms with van der Waals surface area (Å²) in [4.78, 5) is 30.8. The molecule has 9 nitrogen and oxygen atoms in total. The predicted octanol–water partition coefficient (Wildman–Crippen LogP) is 2.72. The molecule has 0 aromatic carbocycles. The zero-order valence-corrected chi connectivity index (χ0v) is 20.7. The molecule has 4 fully saturated rings. The number of nitrogens with zero attached hydrogens (tertiary/aromatic N) is 6. The van der Waals surface area contributed by atoms with Crippen molar-refractivity contribution in [2.75, 3.05) is 36.0 Å². The van der Waals surface area contributed by atoms with Gasteiger partial charge in [-0.1, -0.05) is 6.07 Å². The number of nitrogens with two attached hydrogens (primary N) is 1. The van der Waals surface area contributed by atoms with Crippen LogP contribution in [0.1, 0.15) is 30.5 Å². The third kappa shape index (κ3) is 4.45. The SMILES string of the molecule is N#CC(=CN)c1ncc(N2CCCC2)cc1-c1ccc(N2CC3CC(C2)N3Cc2ccc(=O)[nH]c2)nc1. The van der Waals surface area contributed by atoms with E-state index in [9.17, 15) is 10.1 Å². The lowest BCUT2D eigenvalue weighted by molar-refractivity contribution is -0.00876. The molecule has 3 N–H and O–H groups in total. The highest BCUT2D eigenvalue weighted by molar-refractivity contribution is 5.86. The molecular weight excluding hydrogens is 464 g/mol. The average Bonchev–Trinajstić information content (AvgIpc) is 3.49. The fraction of sp³-hybridized carbons (Fsp3) is 0.357. The molecule has 0 amide bonds. The monoisotopic (exact) mass is 494 g/mol. The van der Waals surface area contributed by atoms with E-state index in [1.807, 2.05) is 24.7 Å². The topological polar surface area (TPSA) is 118 Å². The number of hydrogen-bond donors (Lipinski definition) is 2. The van der Waals surface area contributed by atoms with Crippen molar-refractivity contribution in [1.29, 1.82) is 5.26 Å². The minimum absolute atomic E-state index is 0.0678. The Labute approximate surface area is 215 Å². The van der Waals surface area contributed by atoms with E-state index >= 15 is 0 Å². The predicted molar refractivity (Wildman–Crippen MR) is 144 cm³/mol. The van der Waals surface area contributed by atoms with Crippen molar-refractivity contribution in [2.45, 2.75) is 37.9 Å². The second-order valence-corrected chi connectivity index (χ2v) is 10.1. The highest BCUT2D eigenvalue weighted by Crippen LogP contribution is 2.36. The lowest BCUT2D eigenvalue weighted by atomic mass is 9.87. The number of rotatable bonds is 6. The molecule has 3 aromatic heterocycles. The molecule has 3 aromatic rings.